The Bertz CT molecular complexity index is 1220. The van der Waals surface area contributed by atoms with Crippen LogP contribution in [0.4, 0.5) is 4.39 Å². The Kier molecular flexibility index (Phi) is 7.64. The van der Waals surface area contributed by atoms with E-state index in [1.54, 1.807) is 19.1 Å². The van der Waals surface area contributed by atoms with Crippen LogP contribution in [0.1, 0.15) is 56.5 Å². The molecule has 35 heavy (non-hydrogen) atoms. The zero-order chi connectivity index (χ0) is 26.0. The third kappa shape index (κ3) is 6.05. The number of nitrogens with zero attached hydrogens (tertiary/aromatic N) is 2. The van der Waals surface area contributed by atoms with Crippen LogP contribution in [0.3, 0.4) is 0 Å². The number of fused-ring (bicyclic) bond motifs is 1. The lowest BCUT2D eigenvalue weighted by Gasteiger charge is -2.31. The van der Waals surface area contributed by atoms with Crippen molar-refractivity contribution < 1.29 is 27.2 Å². The molecular weight excluding hydrogens is 473 g/mol. The molecule has 0 radical (unpaired) electrons. The molecule has 1 N–H and O–H groups in total. The Morgan fingerprint density at radius 2 is 1.71 bits per heavy atom. The quantitative estimate of drug-likeness (QED) is 0.596. The van der Waals surface area contributed by atoms with Crippen LogP contribution in [0.2, 0.25) is 0 Å². The van der Waals surface area contributed by atoms with E-state index in [2.05, 4.69) is 5.32 Å². The van der Waals surface area contributed by atoms with Crippen LogP contribution in [0.15, 0.2) is 53.4 Å². The number of carbonyl (C=O) groups excluding carboxylic acids is 3. The maximum absolute atomic E-state index is 13.3. The molecule has 1 unspecified atom stereocenters. The predicted octanol–water partition coefficient (Wildman–Crippen LogP) is 3.08. The Labute approximate surface area is 205 Å². The SMILES string of the molecule is CC(C(=O)NC(C)(C)C)N(Cc1ccc(F)cc1)C(=O)CCCN1C(=O)c2ccccc2S1(=O)=O. The van der Waals surface area contributed by atoms with E-state index in [0.717, 1.165) is 4.31 Å². The lowest BCUT2D eigenvalue weighted by molar-refractivity contribution is -0.141. The van der Waals surface area contributed by atoms with Crippen molar-refractivity contribution in [1.82, 2.24) is 14.5 Å². The molecule has 8 nitrogen and oxygen atoms in total. The summed E-state index contributed by atoms with van der Waals surface area (Å²) in [6, 6.07) is 10.8. The van der Waals surface area contributed by atoms with Crippen molar-refractivity contribution in [3.05, 3.63) is 65.5 Å². The monoisotopic (exact) mass is 503 g/mol. The minimum atomic E-state index is -3.96. The molecule has 3 rings (SSSR count). The fourth-order valence-electron chi connectivity index (χ4n) is 3.81. The maximum Gasteiger partial charge on any atom is 0.269 e. The highest BCUT2D eigenvalue weighted by Crippen LogP contribution is 2.30. The zero-order valence-corrected chi connectivity index (χ0v) is 21.1. The highest BCUT2D eigenvalue weighted by Gasteiger charge is 2.40. The molecular formula is C25H30FN3O5S. The van der Waals surface area contributed by atoms with Crippen LogP contribution in [-0.2, 0) is 26.2 Å². The third-order valence-electron chi connectivity index (χ3n) is 5.60. The van der Waals surface area contributed by atoms with Gasteiger partial charge >= 0.3 is 0 Å². The van der Waals surface area contributed by atoms with Gasteiger partial charge in [-0.25, -0.2) is 17.1 Å². The number of carbonyl (C=O) groups is 3. The summed E-state index contributed by atoms with van der Waals surface area (Å²) in [6.45, 7) is 7.01. The summed E-state index contributed by atoms with van der Waals surface area (Å²) < 4.78 is 39.6. The fraction of sp³-hybridized carbons (Fsp3) is 0.400. The van der Waals surface area contributed by atoms with Crippen molar-refractivity contribution >= 4 is 27.7 Å². The number of hydrogen-bond acceptors (Lipinski definition) is 5. The van der Waals surface area contributed by atoms with Gasteiger partial charge in [0.1, 0.15) is 16.8 Å². The van der Waals surface area contributed by atoms with Crippen molar-refractivity contribution in [2.75, 3.05) is 6.54 Å². The van der Waals surface area contributed by atoms with E-state index in [1.807, 2.05) is 20.8 Å². The third-order valence-corrected chi connectivity index (χ3v) is 7.44. The Balaban J connectivity index is 1.72. The highest BCUT2D eigenvalue weighted by atomic mass is 32.2. The smallest absolute Gasteiger partial charge is 0.269 e. The van der Waals surface area contributed by atoms with E-state index in [-0.39, 0.29) is 48.2 Å². The molecule has 2 aromatic rings. The molecule has 0 fully saturated rings. The molecule has 1 heterocycles. The molecule has 2 aromatic carbocycles. The summed E-state index contributed by atoms with van der Waals surface area (Å²) in [7, 11) is -3.96. The molecule has 0 aliphatic carbocycles. The minimum absolute atomic E-state index is 0.0401. The van der Waals surface area contributed by atoms with Gasteiger partial charge in [-0.1, -0.05) is 24.3 Å². The summed E-state index contributed by atoms with van der Waals surface area (Å²) in [6.07, 6.45) is 0.00922. The Morgan fingerprint density at radius 3 is 2.31 bits per heavy atom. The summed E-state index contributed by atoms with van der Waals surface area (Å²) in [4.78, 5) is 39.9. The normalized spacial score (nSPS) is 15.5. The van der Waals surface area contributed by atoms with Gasteiger partial charge in [0.05, 0.1) is 5.56 Å². The second kappa shape index (κ2) is 10.2. The van der Waals surface area contributed by atoms with E-state index in [0.29, 0.717) is 5.56 Å². The van der Waals surface area contributed by atoms with Crippen molar-refractivity contribution in [2.45, 2.75) is 63.6 Å². The molecule has 1 aliphatic rings. The number of sulfonamides is 1. The largest absolute Gasteiger partial charge is 0.350 e. The fourth-order valence-corrected chi connectivity index (χ4v) is 5.42. The van der Waals surface area contributed by atoms with Crippen LogP contribution in [0, 0.1) is 5.82 Å². The summed E-state index contributed by atoms with van der Waals surface area (Å²) >= 11 is 0. The van der Waals surface area contributed by atoms with E-state index in [9.17, 15) is 27.2 Å². The lowest BCUT2D eigenvalue weighted by atomic mass is 10.1. The Hall–Kier alpha value is -3.27. The molecule has 188 valence electrons. The van der Waals surface area contributed by atoms with Gasteiger partial charge in [0.25, 0.3) is 15.9 Å². The van der Waals surface area contributed by atoms with E-state index >= 15 is 0 Å². The van der Waals surface area contributed by atoms with E-state index in [1.165, 1.54) is 41.3 Å². The first kappa shape index (κ1) is 26.3. The summed E-state index contributed by atoms with van der Waals surface area (Å²) in [5, 5.41) is 2.85. The van der Waals surface area contributed by atoms with Gasteiger partial charge in [-0.2, -0.15) is 0 Å². The molecule has 1 aliphatic heterocycles. The number of benzene rings is 2. The van der Waals surface area contributed by atoms with Crippen molar-refractivity contribution in [3.63, 3.8) is 0 Å². The van der Waals surface area contributed by atoms with Crippen LogP contribution < -0.4 is 5.32 Å². The van der Waals surface area contributed by atoms with Crippen LogP contribution >= 0.6 is 0 Å². The van der Waals surface area contributed by atoms with Gasteiger partial charge in [-0.3, -0.25) is 14.4 Å². The first-order valence-electron chi connectivity index (χ1n) is 11.3. The average Bonchev–Trinajstić information content (AvgIpc) is 2.97. The predicted molar refractivity (Wildman–Crippen MR) is 128 cm³/mol. The first-order chi connectivity index (χ1) is 16.3. The van der Waals surface area contributed by atoms with Gasteiger partial charge in [-0.15, -0.1) is 0 Å². The topological polar surface area (TPSA) is 104 Å². The van der Waals surface area contributed by atoms with E-state index in [4.69, 9.17) is 0 Å². The average molecular weight is 504 g/mol. The molecule has 1 atom stereocenters. The number of hydrogen-bond donors (Lipinski definition) is 1. The molecule has 0 saturated carbocycles. The number of nitrogens with one attached hydrogen (secondary N) is 1. The summed E-state index contributed by atoms with van der Waals surface area (Å²) in [5.41, 5.74) is 0.252. The van der Waals surface area contributed by atoms with Crippen molar-refractivity contribution in [3.8, 4) is 0 Å². The maximum atomic E-state index is 13.3. The van der Waals surface area contributed by atoms with Crippen molar-refractivity contribution in [2.24, 2.45) is 0 Å². The van der Waals surface area contributed by atoms with Crippen LogP contribution in [0.5, 0.6) is 0 Å². The van der Waals surface area contributed by atoms with Gasteiger partial charge in [0.15, 0.2) is 0 Å². The van der Waals surface area contributed by atoms with Crippen LogP contribution in [-0.4, -0.2) is 53.5 Å². The standard InChI is InChI=1S/C25H30FN3O5S/c1-17(23(31)27-25(2,3)4)28(16-18-11-13-19(26)14-12-18)22(30)10-7-15-29-24(32)20-8-5-6-9-21(20)35(29,33)34/h5-6,8-9,11-14,17H,7,10,15-16H2,1-4H3,(H,27,31). The van der Waals surface area contributed by atoms with E-state index < -0.39 is 33.3 Å². The molecule has 0 saturated heterocycles. The lowest BCUT2D eigenvalue weighted by Crippen LogP contribution is -2.52. The zero-order valence-electron chi connectivity index (χ0n) is 20.2. The number of amides is 3. The highest BCUT2D eigenvalue weighted by molar-refractivity contribution is 7.90. The summed E-state index contributed by atoms with van der Waals surface area (Å²) in [5.74, 6) is -1.76. The first-order valence-corrected chi connectivity index (χ1v) is 12.8. The molecule has 3 amide bonds. The van der Waals surface area contributed by atoms with Gasteiger partial charge < -0.3 is 10.2 Å². The second-order valence-electron chi connectivity index (χ2n) is 9.55. The minimum Gasteiger partial charge on any atom is -0.350 e. The van der Waals surface area contributed by atoms with Gasteiger partial charge in [-0.05, 0) is 63.9 Å². The second-order valence-corrected chi connectivity index (χ2v) is 11.4. The Morgan fingerprint density at radius 1 is 1.09 bits per heavy atom. The number of rotatable bonds is 8. The molecule has 0 spiro atoms. The molecule has 0 aromatic heterocycles. The van der Waals surface area contributed by atoms with Gasteiger partial charge in [0.2, 0.25) is 11.8 Å². The van der Waals surface area contributed by atoms with Crippen molar-refractivity contribution in [1.29, 1.82) is 0 Å². The molecule has 0 bridgehead atoms. The molecule has 10 heteroatoms. The van der Waals surface area contributed by atoms with Gasteiger partial charge in [0, 0.05) is 25.0 Å². The van der Waals surface area contributed by atoms with Crippen LogP contribution in [0.25, 0.3) is 0 Å². The number of halogens is 1.